The number of aromatic nitrogens is 3. The van der Waals surface area contributed by atoms with E-state index in [0.29, 0.717) is 11.4 Å². The van der Waals surface area contributed by atoms with Crippen molar-refractivity contribution in [3.8, 4) is 5.75 Å². The molecule has 10 nitrogen and oxygen atoms in total. The number of guanidine groups is 1. The summed E-state index contributed by atoms with van der Waals surface area (Å²) in [6.07, 6.45) is 1.01. The van der Waals surface area contributed by atoms with Crippen LogP contribution in [0.5, 0.6) is 5.75 Å². The summed E-state index contributed by atoms with van der Waals surface area (Å²) in [6, 6.07) is 9.25. The fourth-order valence-electron chi connectivity index (χ4n) is 2.32. The third-order valence-corrected chi connectivity index (χ3v) is 3.34. The number of fused-ring (bicyclic) bond motifs is 1. The van der Waals surface area contributed by atoms with E-state index in [9.17, 15) is 9.59 Å². The van der Waals surface area contributed by atoms with Crippen LogP contribution in [0.25, 0.3) is 5.65 Å². The molecule has 2 heterocycles. The Bertz CT molecular complexity index is 1020. The molecule has 0 spiro atoms. The molecule has 0 aliphatic carbocycles. The van der Waals surface area contributed by atoms with Gasteiger partial charge in [-0.1, -0.05) is 6.07 Å². The summed E-state index contributed by atoms with van der Waals surface area (Å²) in [5.74, 6) is -1.64. The predicted octanol–water partition coefficient (Wildman–Crippen LogP) is 0.480. The summed E-state index contributed by atoms with van der Waals surface area (Å²) < 4.78 is 6.68. The Labute approximate surface area is 146 Å². The number of hydrogen-bond acceptors (Lipinski definition) is 6. The van der Waals surface area contributed by atoms with Gasteiger partial charge in [0.05, 0.1) is 23.4 Å². The number of carbonyl (C=O) groups is 2. The first-order valence-corrected chi connectivity index (χ1v) is 7.39. The third kappa shape index (κ3) is 3.59. The molecule has 0 aliphatic rings. The Hall–Kier alpha value is -3.95. The van der Waals surface area contributed by atoms with Crippen molar-refractivity contribution < 1.29 is 19.4 Å². The number of carbonyl (C=O) groups excluding carboxylic acids is 1. The molecule has 0 radical (unpaired) electrons. The molecule has 0 atom stereocenters. The van der Waals surface area contributed by atoms with Gasteiger partial charge in [-0.3, -0.25) is 4.79 Å². The molecule has 0 saturated heterocycles. The van der Waals surface area contributed by atoms with Crippen molar-refractivity contribution in [2.24, 2.45) is 16.5 Å². The molecule has 1 aromatic carbocycles. The average Bonchev–Trinajstić information content (AvgIpc) is 3.06. The van der Waals surface area contributed by atoms with Gasteiger partial charge in [-0.15, -0.1) is 0 Å². The van der Waals surface area contributed by atoms with Gasteiger partial charge < -0.3 is 21.3 Å². The Morgan fingerprint density at radius 2 is 2.04 bits per heavy atom. The predicted molar refractivity (Wildman–Crippen MR) is 91.2 cm³/mol. The van der Waals surface area contributed by atoms with Gasteiger partial charge in [0.1, 0.15) is 6.33 Å². The van der Waals surface area contributed by atoms with E-state index in [1.807, 2.05) is 0 Å². The van der Waals surface area contributed by atoms with Crippen molar-refractivity contribution in [2.45, 2.75) is 6.42 Å². The number of aliphatic imine (C=N–C) groups is 1. The van der Waals surface area contributed by atoms with Crippen LogP contribution < -0.4 is 16.2 Å². The minimum Gasteiger partial charge on any atom is -0.481 e. The van der Waals surface area contributed by atoms with Gasteiger partial charge in [0, 0.05) is 0 Å². The Kier molecular flexibility index (Phi) is 4.48. The number of rotatable bonds is 5. The maximum absolute atomic E-state index is 12.4. The van der Waals surface area contributed by atoms with Crippen LogP contribution in [-0.4, -0.2) is 37.6 Å². The zero-order valence-electron chi connectivity index (χ0n) is 13.4. The molecule has 0 saturated carbocycles. The van der Waals surface area contributed by atoms with Gasteiger partial charge in [-0.05, 0) is 30.3 Å². The van der Waals surface area contributed by atoms with Crippen molar-refractivity contribution in [2.75, 3.05) is 0 Å². The second kappa shape index (κ2) is 6.89. The van der Waals surface area contributed by atoms with Crippen molar-refractivity contribution >= 4 is 29.2 Å². The zero-order chi connectivity index (χ0) is 18.7. The molecule has 5 N–H and O–H groups in total. The first-order chi connectivity index (χ1) is 12.4. The fraction of sp³-hybridized carbons (Fsp3) is 0.0625. The number of carboxylic acid groups (broad SMARTS) is 1. The summed E-state index contributed by atoms with van der Waals surface area (Å²) in [6.45, 7) is 0. The van der Waals surface area contributed by atoms with Crippen molar-refractivity contribution in [1.29, 1.82) is 0 Å². The highest BCUT2D eigenvalue weighted by molar-refractivity contribution is 5.93. The van der Waals surface area contributed by atoms with E-state index >= 15 is 0 Å². The minimum absolute atomic E-state index is 0.130. The van der Waals surface area contributed by atoms with E-state index < -0.39 is 11.9 Å². The highest BCUT2D eigenvalue weighted by atomic mass is 16.5. The standard InChI is InChI=1S/C16H14N6O4/c17-16(18)21-10-3-1-2-9(6-10)15(25)26-12-5-4-11(7-13(23)24)22-14(12)19-8-20-22/h1-6,8H,7H2,(H,23,24)(H4,17,18,21). The topological polar surface area (TPSA) is 158 Å². The average molecular weight is 354 g/mol. The van der Waals surface area contributed by atoms with E-state index in [1.165, 1.54) is 29.0 Å². The molecule has 0 aliphatic heterocycles. The van der Waals surface area contributed by atoms with Crippen LogP contribution in [0, 0.1) is 0 Å². The highest BCUT2D eigenvalue weighted by Gasteiger charge is 2.16. The molecule has 3 aromatic rings. The van der Waals surface area contributed by atoms with Crippen LogP contribution in [0.2, 0.25) is 0 Å². The lowest BCUT2D eigenvalue weighted by Gasteiger charge is -2.08. The minimum atomic E-state index is -1.01. The second-order valence-corrected chi connectivity index (χ2v) is 5.23. The van der Waals surface area contributed by atoms with Gasteiger partial charge in [0.2, 0.25) is 0 Å². The van der Waals surface area contributed by atoms with Crippen LogP contribution in [0.4, 0.5) is 5.69 Å². The quantitative estimate of drug-likeness (QED) is 0.339. The van der Waals surface area contributed by atoms with Crippen LogP contribution in [0.15, 0.2) is 47.7 Å². The molecule has 10 heteroatoms. The van der Waals surface area contributed by atoms with Gasteiger partial charge in [-0.25, -0.2) is 19.3 Å². The number of carboxylic acids is 1. The van der Waals surface area contributed by atoms with Gasteiger partial charge in [0.15, 0.2) is 17.4 Å². The molecule has 0 amide bonds. The van der Waals surface area contributed by atoms with Crippen molar-refractivity contribution in [3.05, 3.63) is 54.0 Å². The van der Waals surface area contributed by atoms with Gasteiger partial charge in [-0.2, -0.15) is 5.10 Å². The lowest BCUT2D eigenvalue weighted by atomic mass is 10.2. The normalized spacial score (nSPS) is 10.5. The monoisotopic (exact) mass is 354 g/mol. The number of esters is 1. The summed E-state index contributed by atoms with van der Waals surface area (Å²) in [5.41, 5.74) is 11.9. The van der Waals surface area contributed by atoms with Crippen LogP contribution in [0.3, 0.4) is 0 Å². The van der Waals surface area contributed by atoms with Crippen LogP contribution >= 0.6 is 0 Å². The summed E-state index contributed by atoms with van der Waals surface area (Å²) >= 11 is 0. The third-order valence-electron chi connectivity index (χ3n) is 3.34. The molecule has 132 valence electrons. The first-order valence-electron chi connectivity index (χ1n) is 7.39. The number of nitrogens with two attached hydrogens (primary N) is 2. The van der Waals surface area contributed by atoms with Crippen LogP contribution in [-0.2, 0) is 11.2 Å². The van der Waals surface area contributed by atoms with Gasteiger partial charge >= 0.3 is 11.9 Å². The fourth-order valence-corrected chi connectivity index (χ4v) is 2.32. The number of aliphatic carboxylic acids is 1. The molecule has 3 rings (SSSR count). The van der Waals surface area contributed by atoms with E-state index in [-0.39, 0.29) is 29.3 Å². The summed E-state index contributed by atoms with van der Waals surface area (Å²) in [7, 11) is 0. The highest BCUT2D eigenvalue weighted by Crippen LogP contribution is 2.22. The maximum Gasteiger partial charge on any atom is 0.343 e. The number of pyridine rings is 1. The number of benzene rings is 1. The number of nitrogens with zero attached hydrogens (tertiary/aromatic N) is 4. The molecule has 2 aromatic heterocycles. The molecular weight excluding hydrogens is 340 g/mol. The van der Waals surface area contributed by atoms with E-state index in [1.54, 1.807) is 18.2 Å². The number of ether oxygens (including phenoxy) is 1. The van der Waals surface area contributed by atoms with Crippen molar-refractivity contribution in [1.82, 2.24) is 14.6 Å². The lowest BCUT2D eigenvalue weighted by molar-refractivity contribution is -0.136. The largest absolute Gasteiger partial charge is 0.481 e. The summed E-state index contributed by atoms with van der Waals surface area (Å²) in [5, 5.41) is 12.9. The maximum atomic E-state index is 12.4. The molecule has 26 heavy (non-hydrogen) atoms. The molecule has 0 unspecified atom stereocenters. The van der Waals surface area contributed by atoms with Crippen molar-refractivity contribution in [3.63, 3.8) is 0 Å². The Morgan fingerprint density at radius 3 is 2.77 bits per heavy atom. The van der Waals surface area contributed by atoms with E-state index in [4.69, 9.17) is 21.3 Å². The molecule has 0 fully saturated rings. The zero-order valence-corrected chi connectivity index (χ0v) is 13.4. The van der Waals surface area contributed by atoms with Crippen LogP contribution in [0.1, 0.15) is 16.1 Å². The second-order valence-electron chi connectivity index (χ2n) is 5.23. The Morgan fingerprint density at radius 1 is 1.23 bits per heavy atom. The SMILES string of the molecule is NC(N)=Nc1cccc(C(=O)Oc2ccc(CC(=O)O)n3ncnc23)c1. The first kappa shape index (κ1) is 16.9. The lowest BCUT2D eigenvalue weighted by Crippen LogP contribution is -2.21. The molecular formula is C16H14N6O4. The summed E-state index contributed by atoms with van der Waals surface area (Å²) in [4.78, 5) is 31.2. The molecule has 0 bridgehead atoms. The number of hydrogen-bond donors (Lipinski definition) is 3. The van der Waals surface area contributed by atoms with E-state index in [0.717, 1.165) is 0 Å². The Balaban J connectivity index is 1.90. The smallest absolute Gasteiger partial charge is 0.343 e. The van der Waals surface area contributed by atoms with E-state index in [2.05, 4.69) is 15.1 Å². The van der Waals surface area contributed by atoms with Gasteiger partial charge in [0.25, 0.3) is 0 Å².